The molecule has 1 N–H and O–H groups in total. The van der Waals surface area contributed by atoms with Crippen LogP contribution in [0.3, 0.4) is 0 Å². The Hall–Kier alpha value is -3.73. The van der Waals surface area contributed by atoms with Crippen molar-refractivity contribution < 1.29 is 14.3 Å². The van der Waals surface area contributed by atoms with Crippen LogP contribution in [0.15, 0.2) is 72.8 Å². The average molecular weight is 386 g/mol. The van der Waals surface area contributed by atoms with E-state index in [-0.39, 0.29) is 5.91 Å². The summed E-state index contributed by atoms with van der Waals surface area (Å²) >= 11 is 0. The van der Waals surface area contributed by atoms with Crippen molar-refractivity contribution in [1.29, 1.82) is 0 Å². The lowest BCUT2D eigenvalue weighted by Crippen LogP contribution is -2.20. The summed E-state index contributed by atoms with van der Waals surface area (Å²) in [5.74, 6) is 2.00. The molecule has 0 unspecified atom stereocenters. The van der Waals surface area contributed by atoms with Gasteiger partial charge in [-0.2, -0.15) is 0 Å². The molecule has 5 nitrogen and oxygen atoms in total. The summed E-state index contributed by atoms with van der Waals surface area (Å²) in [6.45, 7) is 2.95. The van der Waals surface area contributed by atoms with Crippen molar-refractivity contribution in [2.24, 2.45) is 0 Å². The lowest BCUT2D eigenvalue weighted by molar-refractivity contribution is -0.111. The minimum atomic E-state index is -0.228. The Labute approximate surface area is 170 Å². The summed E-state index contributed by atoms with van der Waals surface area (Å²) in [4.78, 5) is 14.5. The second-order valence-electron chi connectivity index (χ2n) is 6.56. The van der Waals surface area contributed by atoms with Gasteiger partial charge >= 0.3 is 0 Å². The highest BCUT2D eigenvalue weighted by Crippen LogP contribution is 2.46. The van der Waals surface area contributed by atoms with Gasteiger partial charge in [0.25, 0.3) is 0 Å². The first-order chi connectivity index (χ1) is 14.2. The molecule has 1 aliphatic rings. The van der Waals surface area contributed by atoms with Crippen LogP contribution in [-0.2, 0) is 4.79 Å². The van der Waals surface area contributed by atoms with E-state index in [1.807, 2.05) is 48.5 Å². The third kappa shape index (κ3) is 3.80. The summed E-state index contributed by atoms with van der Waals surface area (Å²) < 4.78 is 11.4. The monoisotopic (exact) mass is 386 g/mol. The molecule has 1 aliphatic heterocycles. The maximum Gasteiger partial charge on any atom is 0.248 e. The summed E-state index contributed by atoms with van der Waals surface area (Å²) in [5, 5.41) is 2.83. The zero-order valence-corrected chi connectivity index (χ0v) is 16.4. The van der Waals surface area contributed by atoms with Gasteiger partial charge < -0.3 is 19.7 Å². The highest BCUT2D eigenvalue weighted by Gasteiger charge is 2.22. The third-order valence-corrected chi connectivity index (χ3v) is 4.76. The Bertz CT molecular complexity index is 1080. The maximum absolute atomic E-state index is 12.3. The Balaban J connectivity index is 1.53. The number of hydrogen-bond donors (Lipinski definition) is 1. The number of nitrogens with one attached hydrogen (secondary N) is 1. The van der Waals surface area contributed by atoms with Gasteiger partial charge in [0, 0.05) is 12.6 Å². The predicted molar refractivity (Wildman–Crippen MR) is 116 cm³/mol. The van der Waals surface area contributed by atoms with Gasteiger partial charge in [-0.1, -0.05) is 30.3 Å². The maximum atomic E-state index is 12.3. The molecular formula is C24H22N2O3. The second-order valence-corrected chi connectivity index (χ2v) is 6.56. The van der Waals surface area contributed by atoms with Crippen molar-refractivity contribution >= 4 is 29.0 Å². The van der Waals surface area contributed by atoms with Crippen LogP contribution in [0.2, 0.25) is 0 Å². The number of fused-ring (bicyclic) bond motifs is 2. The van der Waals surface area contributed by atoms with Gasteiger partial charge in [0.2, 0.25) is 5.91 Å². The predicted octanol–water partition coefficient (Wildman–Crippen LogP) is 5.61. The minimum absolute atomic E-state index is 0.228. The molecule has 4 rings (SSSR count). The smallest absolute Gasteiger partial charge is 0.248 e. The topological polar surface area (TPSA) is 50.8 Å². The fourth-order valence-corrected chi connectivity index (χ4v) is 3.39. The number of methoxy groups -OCH3 is 1. The van der Waals surface area contributed by atoms with Crippen molar-refractivity contribution in [3.8, 4) is 17.2 Å². The summed E-state index contributed by atoms with van der Waals surface area (Å²) in [6.07, 6.45) is 3.27. The van der Waals surface area contributed by atoms with Gasteiger partial charge in [-0.25, -0.2) is 0 Å². The van der Waals surface area contributed by atoms with Crippen molar-refractivity contribution in [3.63, 3.8) is 0 Å². The fraction of sp³-hybridized carbons (Fsp3) is 0.125. The van der Waals surface area contributed by atoms with E-state index >= 15 is 0 Å². The number of nitrogens with zero attached hydrogens (tertiary/aromatic N) is 1. The van der Waals surface area contributed by atoms with Gasteiger partial charge in [0.05, 0.1) is 24.2 Å². The SMILES string of the molecule is CCN1c2ccccc2Oc2cc(/C=C/C(=O)Nc3ccccc3OC)ccc21. The molecule has 0 fully saturated rings. The van der Waals surface area contributed by atoms with Gasteiger partial charge in [-0.15, -0.1) is 0 Å². The largest absolute Gasteiger partial charge is 0.495 e. The van der Waals surface area contributed by atoms with Crippen LogP contribution in [0.5, 0.6) is 17.2 Å². The van der Waals surface area contributed by atoms with Crippen molar-refractivity contribution in [1.82, 2.24) is 0 Å². The van der Waals surface area contributed by atoms with Gasteiger partial charge in [0.1, 0.15) is 5.75 Å². The zero-order chi connectivity index (χ0) is 20.2. The molecule has 3 aromatic rings. The van der Waals surface area contributed by atoms with E-state index in [0.29, 0.717) is 11.4 Å². The van der Waals surface area contributed by atoms with Crippen molar-refractivity contribution in [3.05, 3.63) is 78.4 Å². The average Bonchev–Trinajstić information content (AvgIpc) is 2.76. The van der Waals surface area contributed by atoms with E-state index in [4.69, 9.17) is 9.47 Å². The number of para-hydroxylation sites is 4. The van der Waals surface area contributed by atoms with E-state index in [0.717, 1.165) is 35.0 Å². The lowest BCUT2D eigenvalue weighted by atomic mass is 10.1. The van der Waals surface area contributed by atoms with E-state index in [1.165, 1.54) is 6.08 Å². The quantitative estimate of drug-likeness (QED) is 0.579. The number of carbonyl (C=O) groups excluding carboxylic acids is 1. The Morgan fingerprint density at radius 3 is 2.62 bits per heavy atom. The molecule has 0 saturated heterocycles. The van der Waals surface area contributed by atoms with Crippen LogP contribution in [0.4, 0.5) is 17.1 Å². The molecule has 0 saturated carbocycles. The first kappa shape index (κ1) is 18.6. The molecule has 0 radical (unpaired) electrons. The van der Waals surface area contributed by atoms with E-state index in [9.17, 15) is 4.79 Å². The zero-order valence-electron chi connectivity index (χ0n) is 16.4. The molecule has 0 spiro atoms. The summed E-state index contributed by atoms with van der Waals surface area (Å²) in [7, 11) is 1.58. The number of rotatable bonds is 5. The van der Waals surface area contributed by atoms with E-state index in [2.05, 4.69) is 23.2 Å². The normalized spacial score (nSPS) is 12.1. The fourth-order valence-electron chi connectivity index (χ4n) is 3.39. The number of carbonyl (C=O) groups is 1. The van der Waals surface area contributed by atoms with Gasteiger partial charge in [0.15, 0.2) is 11.5 Å². The molecule has 5 heteroatoms. The first-order valence-electron chi connectivity index (χ1n) is 9.50. The number of amides is 1. The van der Waals surface area contributed by atoms with E-state index in [1.54, 1.807) is 25.3 Å². The first-order valence-corrected chi connectivity index (χ1v) is 9.50. The second kappa shape index (κ2) is 8.10. The Morgan fingerprint density at radius 2 is 1.79 bits per heavy atom. The molecule has 29 heavy (non-hydrogen) atoms. The third-order valence-electron chi connectivity index (χ3n) is 4.76. The van der Waals surface area contributed by atoms with Crippen molar-refractivity contribution in [2.75, 3.05) is 23.9 Å². The van der Waals surface area contributed by atoms with Crippen LogP contribution >= 0.6 is 0 Å². The molecule has 0 aliphatic carbocycles. The minimum Gasteiger partial charge on any atom is -0.495 e. The molecule has 0 aromatic heterocycles. The summed E-state index contributed by atoms with van der Waals surface area (Å²) in [6, 6.07) is 21.2. The molecule has 0 atom stereocenters. The number of ether oxygens (including phenoxy) is 2. The summed E-state index contributed by atoms with van der Waals surface area (Å²) in [5.41, 5.74) is 3.59. The molecule has 3 aromatic carbocycles. The Morgan fingerprint density at radius 1 is 1.03 bits per heavy atom. The molecular weight excluding hydrogens is 364 g/mol. The standard InChI is InChI=1S/C24H22N2O3/c1-3-26-19-9-5-7-11-22(19)29-23-16-17(12-14-20(23)26)13-15-24(27)25-18-8-4-6-10-21(18)28-2/h4-16H,3H2,1-2H3,(H,25,27)/b15-13+. The molecule has 1 amide bonds. The lowest BCUT2D eigenvalue weighted by Gasteiger charge is -2.32. The Kier molecular flexibility index (Phi) is 5.20. The number of hydrogen-bond acceptors (Lipinski definition) is 4. The van der Waals surface area contributed by atoms with Crippen LogP contribution in [0.25, 0.3) is 6.08 Å². The van der Waals surface area contributed by atoms with Crippen molar-refractivity contribution in [2.45, 2.75) is 6.92 Å². The van der Waals surface area contributed by atoms with Crippen LogP contribution in [0, 0.1) is 0 Å². The highest BCUT2D eigenvalue weighted by molar-refractivity contribution is 6.02. The van der Waals surface area contributed by atoms with Gasteiger partial charge in [-0.3, -0.25) is 4.79 Å². The van der Waals surface area contributed by atoms with Gasteiger partial charge in [-0.05, 0) is 55.0 Å². The van der Waals surface area contributed by atoms with Crippen LogP contribution in [-0.4, -0.2) is 19.6 Å². The number of benzene rings is 3. The molecule has 146 valence electrons. The van der Waals surface area contributed by atoms with Crippen LogP contribution < -0.4 is 19.7 Å². The van der Waals surface area contributed by atoms with Crippen LogP contribution in [0.1, 0.15) is 12.5 Å². The number of anilines is 3. The molecule has 0 bridgehead atoms. The van der Waals surface area contributed by atoms with E-state index < -0.39 is 0 Å². The molecule has 1 heterocycles. The highest BCUT2D eigenvalue weighted by atomic mass is 16.5.